The Morgan fingerprint density at radius 2 is 1.10 bits per heavy atom. The van der Waals surface area contributed by atoms with Crippen LogP contribution in [0, 0.1) is 11.8 Å². The summed E-state index contributed by atoms with van der Waals surface area (Å²) >= 11 is 0. The van der Waals surface area contributed by atoms with E-state index >= 15 is 0 Å². The summed E-state index contributed by atoms with van der Waals surface area (Å²) in [5.74, 6) is 1.91. The lowest BCUT2D eigenvalue weighted by Gasteiger charge is -2.36. The molecule has 0 saturated heterocycles. The van der Waals surface area contributed by atoms with Crippen molar-refractivity contribution in [3.8, 4) is 5.75 Å². The van der Waals surface area contributed by atoms with Crippen LogP contribution in [0.25, 0.3) is 0 Å². The summed E-state index contributed by atoms with van der Waals surface area (Å²) in [6, 6.07) is 4.68. The minimum Gasteiger partial charge on any atom is -0.507 e. The molecular weight excluding hydrogens is 364 g/mol. The van der Waals surface area contributed by atoms with E-state index in [1.165, 1.54) is 37.7 Å². The fourth-order valence-corrected chi connectivity index (χ4v) is 5.41. The molecule has 0 heterocycles. The van der Waals surface area contributed by atoms with Crippen LogP contribution in [0.1, 0.15) is 138 Å². The van der Waals surface area contributed by atoms with Crippen LogP contribution in [-0.2, 0) is 16.2 Å². The maximum absolute atomic E-state index is 11.5. The van der Waals surface area contributed by atoms with Crippen LogP contribution < -0.4 is 0 Å². The van der Waals surface area contributed by atoms with E-state index in [9.17, 15) is 5.11 Å². The number of hydrogen-bond donors (Lipinski definition) is 1. The molecule has 1 rings (SSSR count). The second-order valence-corrected chi connectivity index (χ2v) is 12.1. The molecular formula is C29H52O. The number of rotatable bonds is 12. The molecule has 0 saturated carbocycles. The molecule has 0 bridgehead atoms. The fraction of sp³-hybridized carbons (Fsp3) is 0.793. The minimum absolute atomic E-state index is 0.0366. The van der Waals surface area contributed by atoms with Gasteiger partial charge >= 0.3 is 0 Å². The second kappa shape index (κ2) is 10.6. The van der Waals surface area contributed by atoms with Crippen LogP contribution in [0.5, 0.6) is 5.75 Å². The molecule has 1 nitrogen and oxygen atoms in total. The van der Waals surface area contributed by atoms with E-state index in [2.05, 4.69) is 88.3 Å². The standard InChI is InChI=1S/C29H52O/c1-12-15-21(4)19-28(8,9)23-17-24(27(6,7)14-3)26(30)25(18-23)29(10,11)20-22(5)16-13-2/h17-18,21-22,30H,12-16,19-20H2,1-11H3. The molecule has 1 N–H and O–H groups in total. The Balaban J connectivity index is 3.58. The van der Waals surface area contributed by atoms with Crippen molar-refractivity contribution in [1.82, 2.24) is 0 Å². The van der Waals surface area contributed by atoms with Gasteiger partial charge in [0.15, 0.2) is 0 Å². The highest BCUT2D eigenvalue weighted by Gasteiger charge is 2.34. The number of phenols is 1. The van der Waals surface area contributed by atoms with Crippen LogP contribution >= 0.6 is 0 Å². The van der Waals surface area contributed by atoms with Gasteiger partial charge in [-0.2, -0.15) is 0 Å². The molecule has 1 aromatic carbocycles. The normalized spacial score (nSPS) is 15.3. The van der Waals surface area contributed by atoms with E-state index in [4.69, 9.17) is 0 Å². The molecule has 0 aromatic heterocycles. The van der Waals surface area contributed by atoms with E-state index in [-0.39, 0.29) is 16.2 Å². The first-order valence-electron chi connectivity index (χ1n) is 12.6. The van der Waals surface area contributed by atoms with E-state index in [1.54, 1.807) is 0 Å². The quantitative estimate of drug-likeness (QED) is 0.360. The number of benzene rings is 1. The maximum atomic E-state index is 11.5. The van der Waals surface area contributed by atoms with Crippen LogP contribution in [0.3, 0.4) is 0 Å². The van der Waals surface area contributed by atoms with Gasteiger partial charge in [0.1, 0.15) is 5.75 Å². The predicted octanol–water partition coefficient (Wildman–Crippen LogP) is 9.29. The number of hydrogen-bond acceptors (Lipinski definition) is 1. The molecule has 174 valence electrons. The van der Waals surface area contributed by atoms with Crippen molar-refractivity contribution in [1.29, 1.82) is 0 Å². The van der Waals surface area contributed by atoms with Crippen molar-refractivity contribution in [2.75, 3.05) is 0 Å². The first-order valence-corrected chi connectivity index (χ1v) is 12.6. The summed E-state index contributed by atoms with van der Waals surface area (Å²) < 4.78 is 0. The monoisotopic (exact) mass is 416 g/mol. The zero-order valence-corrected chi connectivity index (χ0v) is 22.2. The summed E-state index contributed by atoms with van der Waals surface area (Å²) in [6.07, 6.45) is 8.30. The third-order valence-electron chi connectivity index (χ3n) is 7.51. The van der Waals surface area contributed by atoms with Gasteiger partial charge in [0, 0.05) is 11.1 Å². The molecule has 0 aliphatic carbocycles. The Morgan fingerprint density at radius 3 is 1.50 bits per heavy atom. The highest BCUT2D eigenvalue weighted by atomic mass is 16.3. The average molecular weight is 417 g/mol. The van der Waals surface area contributed by atoms with Gasteiger partial charge in [0.05, 0.1) is 0 Å². The lowest BCUT2D eigenvalue weighted by atomic mass is 9.69. The van der Waals surface area contributed by atoms with Crippen LogP contribution in [0.4, 0.5) is 0 Å². The van der Waals surface area contributed by atoms with Crippen molar-refractivity contribution >= 4 is 0 Å². The van der Waals surface area contributed by atoms with Gasteiger partial charge in [0.25, 0.3) is 0 Å². The first-order chi connectivity index (χ1) is 13.7. The SMILES string of the molecule is CCCC(C)CC(C)(C)c1cc(C(C)(C)CC)c(O)c(C(C)(C)CC(C)CCC)c1. The minimum atomic E-state index is -0.0433. The summed E-state index contributed by atoms with van der Waals surface area (Å²) in [5, 5.41) is 11.5. The highest BCUT2D eigenvalue weighted by molar-refractivity contribution is 5.51. The maximum Gasteiger partial charge on any atom is 0.123 e. The molecule has 1 aromatic rings. The molecule has 0 radical (unpaired) electrons. The summed E-state index contributed by atoms with van der Waals surface area (Å²) in [7, 11) is 0. The highest BCUT2D eigenvalue weighted by Crippen LogP contribution is 2.46. The van der Waals surface area contributed by atoms with Crippen molar-refractivity contribution < 1.29 is 5.11 Å². The van der Waals surface area contributed by atoms with Crippen molar-refractivity contribution in [2.24, 2.45) is 11.8 Å². The first kappa shape index (κ1) is 27.1. The largest absolute Gasteiger partial charge is 0.507 e. The zero-order valence-electron chi connectivity index (χ0n) is 22.2. The average Bonchev–Trinajstić information content (AvgIpc) is 2.60. The Bertz CT molecular complexity index is 665. The summed E-state index contributed by atoms with van der Waals surface area (Å²) in [4.78, 5) is 0. The molecule has 2 atom stereocenters. The summed E-state index contributed by atoms with van der Waals surface area (Å²) in [5.41, 5.74) is 3.69. The number of aromatic hydroxyl groups is 1. The Kier molecular flexibility index (Phi) is 9.52. The topological polar surface area (TPSA) is 20.2 Å². The predicted molar refractivity (Wildman–Crippen MR) is 135 cm³/mol. The number of phenolic OH excluding ortho intramolecular Hbond substituents is 1. The van der Waals surface area contributed by atoms with Crippen molar-refractivity contribution in [3.63, 3.8) is 0 Å². The van der Waals surface area contributed by atoms with E-state index in [1.807, 2.05) is 0 Å². The van der Waals surface area contributed by atoms with E-state index in [0.717, 1.165) is 24.0 Å². The van der Waals surface area contributed by atoms with Gasteiger partial charge < -0.3 is 5.11 Å². The van der Waals surface area contributed by atoms with Crippen LogP contribution in [0.15, 0.2) is 12.1 Å². The van der Waals surface area contributed by atoms with Gasteiger partial charge in [-0.1, -0.05) is 114 Å². The van der Waals surface area contributed by atoms with Gasteiger partial charge in [0.2, 0.25) is 0 Å². The second-order valence-electron chi connectivity index (χ2n) is 12.1. The third-order valence-corrected chi connectivity index (χ3v) is 7.51. The van der Waals surface area contributed by atoms with Gasteiger partial charge in [-0.25, -0.2) is 0 Å². The van der Waals surface area contributed by atoms with Gasteiger partial charge in [-0.3, -0.25) is 0 Å². The third kappa shape index (κ3) is 6.76. The fourth-order valence-electron chi connectivity index (χ4n) is 5.41. The molecule has 2 unspecified atom stereocenters. The lowest BCUT2D eigenvalue weighted by molar-refractivity contribution is 0.337. The van der Waals surface area contributed by atoms with Gasteiger partial charge in [-0.05, 0) is 52.9 Å². The zero-order chi connectivity index (χ0) is 23.3. The Labute approximate surface area is 189 Å². The molecule has 0 aliphatic rings. The van der Waals surface area contributed by atoms with E-state index < -0.39 is 0 Å². The van der Waals surface area contributed by atoms with Crippen molar-refractivity contribution in [3.05, 3.63) is 28.8 Å². The molecule has 0 amide bonds. The Hall–Kier alpha value is -0.980. The molecule has 1 heteroatoms. The van der Waals surface area contributed by atoms with Gasteiger partial charge in [-0.15, -0.1) is 0 Å². The molecule has 0 spiro atoms. The molecule has 30 heavy (non-hydrogen) atoms. The molecule has 0 fully saturated rings. The lowest BCUT2D eigenvalue weighted by Crippen LogP contribution is -2.27. The smallest absolute Gasteiger partial charge is 0.123 e. The van der Waals surface area contributed by atoms with Crippen LogP contribution in [0.2, 0.25) is 0 Å². The summed E-state index contributed by atoms with van der Waals surface area (Å²) in [6.45, 7) is 25.5. The Morgan fingerprint density at radius 1 is 0.700 bits per heavy atom. The van der Waals surface area contributed by atoms with Crippen LogP contribution in [-0.4, -0.2) is 5.11 Å². The van der Waals surface area contributed by atoms with E-state index in [0.29, 0.717) is 17.6 Å². The van der Waals surface area contributed by atoms with Crippen molar-refractivity contribution in [2.45, 2.75) is 137 Å². The molecule has 0 aliphatic heterocycles.